The van der Waals surface area contributed by atoms with E-state index < -0.39 is 6.10 Å². The van der Waals surface area contributed by atoms with Crippen LogP contribution in [0.3, 0.4) is 0 Å². The smallest absolute Gasteiger partial charge is 0.226 e. The van der Waals surface area contributed by atoms with E-state index in [-0.39, 0.29) is 0 Å². The minimum absolute atomic E-state index is 0.433. The second kappa shape index (κ2) is 7.59. The fraction of sp³-hybridized carbons (Fsp3) is 0.444. The summed E-state index contributed by atoms with van der Waals surface area (Å²) in [5.74, 6) is 1.70. The third-order valence-corrected chi connectivity index (χ3v) is 4.34. The third-order valence-electron chi connectivity index (χ3n) is 4.34. The summed E-state index contributed by atoms with van der Waals surface area (Å²) in [6.07, 6.45) is 1.38. The maximum absolute atomic E-state index is 10.4. The molecule has 24 heavy (non-hydrogen) atoms. The Morgan fingerprint density at radius 3 is 2.46 bits per heavy atom. The number of rotatable bonds is 5. The number of aliphatic hydroxyl groups is 1. The minimum Gasteiger partial charge on any atom is -0.387 e. The molecule has 0 aliphatic carbocycles. The van der Waals surface area contributed by atoms with Gasteiger partial charge in [0.05, 0.1) is 6.10 Å². The molecule has 0 saturated carbocycles. The topological polar surface area (TPSA) is 55.7 Å². The maximum atomic E-state index is 10.4. The van der Waals surface area contributed by atoms with Crippen molar-refractivity contribution >= 4 is 11.8 Å². The maximum Gasteiger partial charge on any atom is 0.226 e. The second-order valence-electron chi connectivity index (χ2n) is 6.32. The SMILES string of the molecule is CN(C)c1nccc(N2CCN(CC(O)c3ccccc3)CC2)n1. The van der Waals surface area contributed by atoms with Crippen LogP contribution in [0, 0.1) is 0 Å². The summed E-state index contributed by atoms with van der Waals surface area (Å²) in [6, 6.07) is 11.8. The van der Waals surface area contributed by atoms with Crippen molar-refractivity contribution in [1.29, 1.82) is 0 Å². The predicted octanol–water partition coefficient (Wildman–Crippen LogP) is 1.40. The summed E-state index contributed by atoms with van der Waals surface area (Å²) in [6.45, 7) is 4.33. The average Bonchev–Trinajstić information content (AvgIpc) is 2.63. The average molecular weight is 327 g/mol. The van der Waals surface area contributed by atoms with E-state index in [0.29, 0.717) is 6.54 Å². The number of nitrogens with zero attached hydrogens (tertiary/aromatic N) is 5. The van der Waals surface area contributed by atoms with Crippen LogP contribution in [0.25, 0.3) is 0 Å². The van der Waals surface area contributed by atoms with Crippen LogP contribution in [0.4, 0.5) is 11.8 Å². The molecule has 0 spiro atoms. The lowest BCUT2D eigenvalue weighted by molar-refractivity contribution is 0.109. The minimum atomic E-state index is -0.433. The van der Waals surface area contributed by atoms with E-state index >= 15 is 0 Å². The fourth-order valence-corrected chi connectivity index (χ4v) is 2.92. The largest absolute Gasteiger partial charge is 0.387 e. The third kappa shape index (κ3) is 4.01. The molecule has 2 heterocycles. The molecule has 1 unspecified atom stereocenters. The molecule has 1 N–H and O–H groups in total. The van der Waals surface area contributed by atoms with Gasteiger partial charge in [0.25, 0.3) is 0 Å². The number of hydrogen-bond acceptors (Lipinski definition) is 6. The Balaban J connectivity index is 1.55. The van der Waals surface area contributed by atoms with Crippen molar-refractivity contribution in [3.8, 4) is 0 Å². The highest BCUT2D eigenvalue weighted by molar-refractivity contribution is 5.43. The van der Waals surface area contributed by atoms with Gasteiger partial charge in [0.2, 0.25) is 5.95 Å². The van der Waals surface area contributed by atoms with Crippen LogP contribution < -0.4 is 9.80 Å². The molecule has 1 aliphatic rings. The van der Waals surface area contributed by atoms with Gasteiger partial charge in [-0.15, -0.1) is 0 Å². The van der Waals surface area contributed by atoms with Crippen LogP contribution in [-0.2, 0) is 0 Å². The summed E-state index contributed by atoms with van der Waals surface area (Å²) < 4.78 is 0. The molecule has 128 valence electrons. The van der Waals surface area contributed by atoms with E-state index in [0.717, 1.165) is 43.5 Å². The number of piperazine rings is 1. The van der Waals surface area contributed by atoms with Gasteiger partial charge >= 0.3 is 0 Å². The van der Waals surface area contributed by atoms with Crippen molar-refractivity contribution in [2.75, 3.05) is 56.6 Å². The first-order valence-electron chi connectivity index (χ1n) is 8.34. The highest BCUT2D eigenvalue weighted by Crippen LogP contribution is 2.18. The lowest BCUT2D eigenvalue weighted by Crippen LogP contribution is -2.47. The molecular weight excluding hydrogens is 302 g/mol. The predicted molar refractivity (Wildman–Crippen MR) is 96.4 cm³/mol. The zero-order valence-electron chi connectivity index (χ0n) is 14.3. The first-order valence-corrected chi connectivity index (χ1v) is 8.34. The fourth-order valence-electron chi connectivity index (χ4n) is 2.92. The van der Waals surface area contributed by atoms with Crippen LogP contribution in [0.15, 0.2) is 42.6 Å². The summed E-state index contributed by atoms with van der Waals surface area (Å²) >= 11 is 0. The number of hydrogen-bond donors (Lipinski definition) is 1. The summed E-state index contributed by atoms with van der Waals surface area (Å²) in [5.41, 5.74) is 0.978. The van der Waals surface area contributed by atoms with Gasteiger partial charge in [0.1, 0.15) is 5.82 Å². The molecule has 0 bridgehead atoms. The Morgan fingerprint density at radius 1 is 1.08 bits per heavy atom. The van der Waals surface area contributed by atoms with Crippen LogP contribution in [0.5, 0.6) is 0 Å². The van der Waals surface area contributed by atoms with Crippen molar-refractivity contribution in [1.82, 2.24) is 14.9 Å². The molecule has 2 aromatic rings. The van der Waals surface area contributed by atoms with E-state index in [1.54, 1.807) is 0 Å². The molecule has 3 rings (SSSR count). The quantitative estimate of drug-likeness (QED) is 0.896. The molecular formula is C18H25N5O. The highest BCUT2D eigenvalue weighted by atomic mass is 16.3. The molecule has 1 atom stereocenters. The van der Waals surface area contributed by atoms with Crippen LogP contribution in [0.1, 0.15) is 11.7 Å². The van der Waals surface area contributed by atoms with Crippen molar-refractivity contribution in [2.45, 2.75) is 6.10 Å². The van der Waals surface area contributed by atoms with Crippen molar-refractivity contribution in [3.63, 3.8) is 0 Å². The van der Waals surface area contributed by atoms with Crippen molar-refractivity contribution in [2.24, 2.45) is 0 Å². The van der Waals surface area contributed by atoms with Crippen LogP contribution in [0.2, 0.25) is 0 Å². The normalized spacial score (nSPS) is 16.9. The summed E-state index contributed by atoms with van der Waals surface area (Å²) in [4.78, 5) is 15.4. The number of aromatic nitrogens is 2. The van der Waals surface area contributed by atoms with Gasteiger partial charge in [-0.05, 0) is 11.6 Å². The number of anilines is 2. The lowest BCUT2D eigenvalue weighted by atomic mass is 10.1. The first kappa shape index (κ1) is 16.7. The molecule has 1 aromatic heterocycles. The number of β-amino-alcohol motifs (C(OH)–C–C–N with tert-alkyl or cyclic N) is 1. The molecule has 0 amide bonds. The molecule has 6 nitrogen and oxygen atoms in total. The van der Waals surface area contributed by atoms with E-state index in [9.17, 15) is 5.11 Å². The van der Waals surface area contributed by atoms with Gasteiger partial charge in [0, 0.05) is 53.0 Å². The number of aliphatic hydroxyl groups excluding tert-OH is 1. The molecule has 1 aromatic carbocycles. The van der Waals surface area contributed by atoms with Gasteiger partial charge in [-0.25, -0.2) is 4.98 Å². The van der Waals surface area contributed by atoms with Gasteiger partial charge in [-0.1, -0.05) is 30.3 Å². The Kier molecular flexibility index (Phi) is 5.27. The molecule has 6 heteroatoms. The second-order valence-corrected chi connectivity index (χ2v) is 6.32. The van der Waals surface area contributed by atoms with Crippen molar-refractivity contribution in [3.05, 3.63) is 48.2 Å². The van der Waals surface area contributed by atoms with Gasteiger partial charge in [-0.3, -0.25) is 4.90 Å². The zero-order chi connectivity index (χ0) is 16.9. The molecule has 1 aliphatic heterocycles. The summed E-state index contributed by atoms with van der Waals surface area (Å²) in [5, 5.41) is 10.4. The van der Waals surface area contributed by atoms with E-state index in [4.69, 9.17) is 0 Å². The van der Waals surface area contributed by atoms with Crippen molar-refractivity contribution < 1.29 is 5.11 Å². The summed E-state index contributed by atoms with van der Waals surface area (Å²) in [7, 11) is 3.89. The van der Waals surface area contributed by atoms with E-state index in [2.05, 4.69) is 19.8 Å². The van der Waals surface area contributed by atoms with Gasteiger partial charge in [0.15, 0.2) is 0 Å². The first-order chi connectivity index (χ1) is 11.6. The van der Waals surface area contributed by atoms with E-state index in [1.165, 1.54) is 0 Å². The molecule has 1 saturated heterocycles. The standard InChI is InChI=1S/C18H25N5O/c1-21(2)18-19-9-8-17(20-18)23-12-10-22(11-13-23)14-16(24)15-6-4-3-5-7-15/h3-9,16,24H,10-14H2,1-2H3. The zero-order valence-corrected chi connectivity index (χ0v) is 14.3. The molecule has 1 fully saturated rings. The Bertz CT molecular complexity index is 641. The van der Waals surface area contributed by atoms with Gasteiger partial charge < -0.3 is 14.9 Å². The Morgan fingerprint density at radius 2 is 1.79 bits per heavy atom. The Hall–Kier alpha value is -2.18. The Labute approximate surface area is 143 Å². The highest BCUT2D eigenvalue weighted by Gasteiger charge is 2.21. The monoisotopic (exact) mass is 327 g/mol. The van der Waals surface area contributed by atoms with Crippen LogP contribution in [-0.4, -0.2) is 66.8 Å². The van der Waals surface area contributed by atoms with E-state index in [1.807, 2.05) is 61.6 Å². The number of benzene rings is 1. The lowest BCUT2D eigenvalue weighted by Gasteiger charge is -2.36. The molecule has 0 radical (unpaired) electrons. The van der Waals surface area contributed by atoms with Crippen LogP contribution >= 0.6 is 0 Å². The van der Waals surface area contributed by atoms with Gasteiger partial charge in [-0.2, -0.15) is 4.98 Å².